The van der Waals surface area contributed by atoms with Gasteiger partial charge in [-0.15, -0.1) is 0 Å². The van der Waals surface area contributed by atoms with Crippen LogP contribution < -0.4 is 5.32 Å². The van der Waals surface area contributed by atoms with E-state index >= 15 is 0 Å². The zero-order valence-corrected chi connectivity index (χ0v) is 15.3. The van der Waals surface area contributed by atoms with Gasteiger partial charge in [-0.3, -0.25) is 9.69 Å². The molecule has 5 nitrogen and oxygen atoms in total. The van der Waals surface area contributed by atoms with E-state index in [0.717, 1.165) is 19.3 Å². The molecule has 0 aromatic heterocycles. The molecule has 1 heterocycles. The zero-order valence-electron chi connectivity index (χ0n) is 14.5. The molecule has 0 unspecified atom stereocenters. The van der Waals surface area contributed by atoms with E-state index in [0.29, 0.717) is 17.0 Å². The van der Waals surface area contributed by atoms with E-state index in [1.54, 1.807) is 24.1 Å². The minimum absolute atomic E-state index is 0.101. The second-order valence-electron chi connectivity index (χ2n) is 7.14. The fraction of sp³-hybridized carbons (Fsp3) is 0.556. The molecule has 1 aromatic carbocycles. The van der Waals surface area contributed by atoms with Crippen LogP contribution >= 0.6 is 11.6 Å². The highest BCUT2D eigenvalue weighted by molar-refractivity contribution is 6.31. The summed E-state index contributed by atoms with van der Waals surface area (Å²) in [5, 5.41) is 3.26. The highest BCUT2D eigenvalue weighted by Gasteiger charge is 2.54. The van der Waals surface area contributed by atoms with Crippen LogP contribution in [-0.4, -0.2) is 41.0 Å². The fourth-order valence-corrected chi connectivity index (χ4v) is 4.09. The van der Waals surface area contributed by atoms with E-state index in [1.165, 1.54) is 11.0 Å². The molecule has 3 rings (SSSR count). The minimum Gasteiger partial charge on any atom is -0.323 e. The average molecular weight is 368 g/mol. The molecule has 1 N–H and O–H groups in total. The van der Waals surface area contributed by atoms with Gasteiger partial charge in [-0.2, -0.15) is 0 Å². The first-order valence-corrected chi connectivity index (χ1v) is 8.98. The summed E-state index contributed by atoms with van der Waals surface area (Å²) in [6, 6.07) is 4.15. The van der Waals surface area contributed by atoms with Crippen molar-refractivity contribution in [1.82, 2.24) is 15.1 Å². The first-order valence-electron chi connectivity index (χ1n) is 8.60. The van der Waals surface area contributed by atoms with Crippen molar-refractivity contribution in [1.29, 1.82) is 0 Å². The Balaban J connectivity index is 1.72. The third kappa shape index (κ3) is 3.25. The molecule has 1 saturated carbocycles. The summed E-state index contributed by atoms with van der Waals surface area (Å²) in [6.07, 6.45) is 3.63. The Morgan fingerprint density at radius 2 is 2.16 bits per heavy atom. The van der Waals surface area contributed by atoms with Gasteiger partial charge in [-0.1, -0.05) is 37.4 Å². The van der Waals surface area contributed by atoms with Gasteiger partial charge in [0.15, 0.2) is 0 Å². The summed E-state index contributed by atoms with van der Waals surface area (Å²) in [5.41, 5.74) is -0.411. The number of nitrogens with zero attached hydrogens (tertiary/aromatic N) is 2. The highest BCUT2D eigenvalue weighted by Crippen LogP contribution is 2.38. The molecular formula is C18H23ClFN3O2. The number of hydrogen-bond acceptors (Lipinski definition) is 3. The van der Waals surface area contributed by atoms with Crippen molar-refractivity contribution in [2.75, 3.05) is 13.7 Å². The van der Waals surface area contributed by atoms with Crippen molar-refractivity contribution in [3.05, 3.63) is 34.6 Å². The minimum atomic E-state index is -0.772. The molecule has 0 radical (unpaired) electrons. The Kier molecular flexibility index (Phi) is 5.02. The van der Waals surface area contributed by atoms with Crippen LogP contribution in [0.3, 0.4) is 0 Å². The zero-order chi connectivity index (χ0) is 18.2. The van der Waals surface area contributed by atoms with E-state index in [1.807, 2.05) is 6.92 Å². The topological polar surface area (TPSA) is 52.7 Å². The number of hydrogen-bond donors (Lipinski definition) is 1. The Morgan fingerprint density at radius 1 is 1.40 bits per heavy atom. The lowest BCUT2D eigenvalue weighted by molar-refractivity contribution is -0.135. The van der Waals surface area contributed by atoms with Crippen LogP contribution in [-0.2, 0) is 11.3 Å². The average Bonchev–Trinajstić information content (AvgIpc) is 2.79. The molecule has 2 fully saturated rings. The molecule has 1 aliphatic carbocycles. The van der Waals surface area contributed by atoms with Gasteiger partial charge < -0.3 is 5.32 Å². The first kappa shape index (κ1) is 18.1. The predicted octanol–water partition coefficient (Wildman–Crippen LogP) is 3.37. The molecule has 0 bridgehead atoms. The summed E-state index contributed by atoms with van der Waals surface area (Å²) in [5.74, 6) is -0.445. The molecule has 136 valence electrons. The highest BCUT2D eigenvalue weighted by atomic mass is 35.5. The number of urea groups is 1. The van der Waals surface area contributed by atoms with E-state index < -0.39 is 11.4 Å². The van der Waals surface area contributed by atoms with Gasteiger partial charge in [0.1, 0.15) is 11.4 Å². The van der Waals surface area contributed by atoms with Crippen LogP contribution in [0.4, 0.5) is 9.18 Å². The largest absolute Gasteiger partial charge is 0.326 e. The molecule has 1 aliphatic heterocycles. The van der Waals surface area contributed by atoms with Crippen molar-refractivity contribution < 1.29 is 14.0 Å². The van der Waals surface area contributed by atoms with Gasteiger partial charge in [0, 0.05) is 17.1 Å². The summed E-state index contributed by atoms with van der Waals surface area (Å²) in [4.78, 5) is 28.3. The number of carbonyl (C=O) groups excluding carboxylic acids is 2. The summed E-state index contributed by atoms with van der Waals surface area (Å²) >= 11 is 6.06. The Hall–Kier alpha value is -1.66. The second kappa shape index (κ2) is 6.92. The molecule has 1 spiro atoms. The number of imide groups is 1. The lowest BCUT2D eigenvalue weighted by Crippen LogP contribution is -2.54. The van der Waals surface area contributed by atoms with E-state index in [9.17, 15) is 14.0 Å². The van der Waals surface area contributed by atoms with Crippen molar-refractivity contribution in [3.63, 3.8) is 0 Å². The molecule has 7 heteroatoms. The number of rotatable bonds is 4. The van der Waals surface area contributed by atoms with Gasteiger partial charge in [-0.25, -0.2) is 14.1 Å². The molecule has 2 atom stereocenters. The maximum atomic E-state index is 13.9. The van der Waals surface area contributed by atoms with Gasteiger partial charge >= 0.3 is 6.03 Å². The fourth-order valence-electron chi connectivity index (χ4n) is 3.87. The summed E-state index contributed by atoms with van der Waals surface area (Å²) in [7, 11) is 1.73. The maximum Gasteiger partial charge on any atom is 0.326 e. The summed E-state index contributed by atoms with van der Waals surface area (Å²) in [6.45, 7) is 2.33. The molecule has 2 aliphatic rings. The summed E-state index contributed by atoms with van der Waals surface area (Å²) < 4.78 is 13.9. The number of carbonyl (C=O) groups is 2. The van der Waals surface area contributed by atoms with Crippen LogP contribution in [0.25, 0.3) is 0 Å². The van der Waals surface area contributed by atoms with E-state index in [-0.39, 0.29) is 31.1 Å². The van der Waals surface area contributed by atoms with Crippen LogP contribution in [0.5, 0.6) is 0 Å². The monoisotopic (exact) mass is 367 g/mol. The van der Waals surface area contributed by atoms with Gasteiger partial charge in [-0.05, 0) is 37.9 Å². The number of benzene rings is 1. The normalized spacial score (nSPS) is 26.6. The van der Waals surface area contributed by atoms with Crippen LogP contribution in [0.15, 0.2) is 18.2 Å². The maximum absolute atomic E-state index is 13.9. The van der Waals surface area contributed by atoms with Crippen LogP contribution in [0.1, 0.15) is 38.2 Å². The third-order valence-electron chi connectivity index (χ3n) is 5.37. The Morgan fingerprint density at radius 3 is 2.84 bits per heavy atom. The van der Waals surface area contributed by atoms with Gasteiger partial charge in [0.2, 0.25) is 0 Å². The number of halogens is 2. The van der Waals surface area contributed by atoms with E-state index in [2.05, 4.69) is 5.32 Å². The Labute approximate surface area is 152 Å². The van der Waals surface area contributed by atoms with Crippen molar-refractivity contribution >= 4 is 23.5 Å². The number of nitrogens with one attached hydrogen (secondary N) is 1. The number of amides is 3. The van der Waals surface area contributed by atoms with E-state index in [4.69, 9.17) is 11.6 Å². The third-order valence-corrected chi connectivity index (χ3v) is 5.73. The SMILES string of the molecule is C[C@@H]1CCCC[C@@]12NC(=O)N(CN(C)Cc1c(F)cccc1Cl)C2=O. The molecule has 25 heavy (non-hydrogen) atoms. The molecule has 3 amide bonds. The molecular weight excluding hydrogens is 345 g/mol. The van der Waals surface area contributed by atoms with Crippen molar-refractivity contribution in [3.8, 4) is 0 Å². The molecule has 1 saturated heterocycles. The smallest absolute Gasteiger partial charge is 0.323 e. The standard InChI is InChI=1S/C18H23ClFN3O2/c1-12-6-3-4-9-18(12)16(24)23(17(25)21-18)11-22(2)10-13-14(19)7-5-8-15(13)20/h5,7-8,12H,3-4,6,9-11H2,1-2H3,(H,21,25)/t12-,18-/m1/s1. The van der Waals surface area contributed by atoms with Gasteiger partial charge in [0.05, 0.1) is 6.67 Å². The molecule has 1 aromatic rings. The predicted molar refractivity (Wildman–Crippen MR) is 93.5 cm³/mol. The first-order chi connectivity index (χ1) is 11.8. The lowest BCUT2D eigenvalue weighted by Gasteiger charge is -2.37. The second-order valence-corrected chi connectivity index (χ2v) is 7.54. The Bertz CT molecular complexity index is 679. The van der Waals surface area contributed by atoms with Crippen LogP contribution in [0, 0.1) is 11.7 Å². The lowest BCUT2D eigenvalue weighted by atomic mass is 9.73. The van der Waals surface area contributed by atoms with Crippen molar-refractivity contribution in [2.45, 2.75) is 44.7 Å². The quantitative estimate of drug-likeness (QED) is 0.830. The van der Waals surface area contributed by atoms with Crippen LogP contribution in [0.2, 0.25) is 5.02 Å². The van der Waals surface area contributed by atoms with Crippen molar-refractivity contribution in [2.24, 2.45) is 5.92 Å². The van der Waals surface area contributed by atoms with Gasteiger partial charge in [0.25, 0.3) is 5.91 Å².